The average molecular weight is 366 g/mol. The summed E-state index contributed by atoms with van der Waals surface area (Å²) in [6.07, 6.45) is 22.4. The molecule has 0 aromatic carbocycles. The number of carbonyl (C=O) groups excluding carboxylic acids is 1. The van der Waals surface area contributed by atoms with Gasteiger partial charge in [0.2, 0.25) is 6.29 Å². The molecule has 1 unspecified atom stereocenters. The van der Waals surface area contributed by atoms with E-state index in [1.165, 1.54) is 44.9 Å². The maximum Gasteiger partial charge on any atom is 0.308 e. The first-order chi connectivity index (χ1) is 12.8. The summed E-state index contributed by atoms with van der Waals surface area (Å²) in [6.45, 7) is 4.29. The van der Waals surface area contributed by atoms with Gasteiger partial charge in [0.05, 0.1) is 13.2 Å². The first-order valence-corrected chi connectivity index (χ1v) is 10.6. The molecular formula is C22H39NO3. The number of hydrogen-bond donors (Lipinski definition) is 1. The van der Waals surface area contributed by atoms with Crippen LogP contribution in [0.15, 0.2) is 24.3 Å². The van der Waals surface area contributed by atoms with Gasteiger partial charge < -0.3 is 14.8 Å². The standard InChI is InChI=1S/C22H39NO3/c1-2-3-4-5-6-7-8-9-10-11-12-13-14-15-16-17-21(24)26-22-20-23-18-19-25-22/h6-7,9-10,22-23H,2-5,8,11-20H2,1H3/b7-6-,10-9-. The lowest BCUT2D eigenvalue weighted by molar-refractivity contribution is -0.182. The van der Waals surface area contributed by atoms with Gasteiger partial charge >= 0.3 is 5.97 Å². The van der Waals surface area contributed by atoms with Crippen LogP contribution in [0.3, 0.4) is 0 Å². The molecule has 0 spiro atoms. The Morgan fingerprint density at radius 2 is 1.69 bits per heavy atom. The zero-order chi connectivity index (χ0) is 18.7. The molecule has 1 heterocycles. The predicted octanol–water partition coefficient (Wildman–Crippen LogP) is 5.29. The second-order valence-corrected chi connectivity index (χ2v) is 6.98. The van der Waals surface area contributed by atoms with Crippen molar-refractivity contribution in [3.63, 3.8) is 0 Å². The second-order valence-electron chi connectivity index (χ2n) is 6.98. The zero-order valence-corrected chi connectivity index (χ0v) is 16.7. The third-order valence-electron chi connectivity index (χ3n) is 4.49. The van der Waals surface area contributed by atoms with Gasteiger partial charge in [-0.1, -0.05) is 63.3 Å². The van der Waals surface area contributed by atoms with Crippen molar-refractivity contribution in [1.29, 1.82) is 0 Å². The molecule has 0 aromatic heterocycles. The van der Waals surface area contributed by atoms with Crippen LogP contribution < -0.4 is 5.32 Å². The van der Waals surface area contributed by atoms with E-state index in [-0.39, 0.29) is 5.97 Å². The largest absolute Gasteiger partial charge is 0.434 e. The van der Waals surface area contributed by atoms with Gasteiger partial charge in [-0.25, -0.2) is 0 Å². The fraction of sp³-hybridized carbons (Fsp3) is 0.773. The molecule has 1 fully saturated rings. The van der Waals surface area contributed by atoms with E-state index in [1.54, 1.807) is 0 Å². The van der Waals surface area contributed by atoms with Gasteiger partial charge in [-0.2, -0.15) is 0 Å². The Kier molecular flexibility index (Phi) is 15.2. The van der Waals surface area contributed by atoms with Crippen LogP contribution in [0.2, 0.25) is 0 Å². The summed E-state index contributed by atoms with van der Waals surface area (Å²) >= 11 is 0. The number of hydrogen-bond acceptors (Lipinski definition) is 4. The molecule has 0 aromatic rings. The lowest BCUT2D eigenvalue weighted by Gasteiger charge is -2.23. The molecule has 4 heteroatoms. The van der Waals surface area contributed by atoms with Crippen LogP contribution >= 0.6 is 0 Å². The highest BCUT2D eigenvalue weighted by Crippen LogP contribution is 2.10. The van der Waals surface area contributed by atoms with Gasteiger partial charge in [0.15, 0.2) is 0 Å². The Morgan fingerprint density at radius 1 is 1.00 bits per heavy atom. The molecule has 0 amide bonds. The highest BCUT2D eigenvalue weighted by molar-refractivity contribution is 5.69. The van der Waals surface area contributed by atoms with Crippen molar-refractivity contribution in [2.75, 3.05) is 19.7 Å². The Bertz CT molecular complexity index is 387. The van der Waals surface area contributed by atoms with Gasteiger partial charge in [0.25, 0.3) is 0 Å². The summed E-state index contributed by atoms with van der Waals surface area (Å²) in [4.78, 5) is 11.7. The average Bonchev–Trinajstić information content (AvgIpc) is 2.65. The number of carbonyl (C=O) groups is 1. The van der Waals surface area contributed by atoms with E-state index in [1.807, 2.05) is 0 Å². The molecule has 150 valence electrons. The van der Waals surface area contributed by atoms with E-state index in [0.717, 1.165) is 32.2 Å². The third-order valence-corrected chi connectivity index (χ3v) is 4.49. The smallest absolute Gasteiger partial charge is 0.308 e. The zero-order valence-electron chi connectivity index (χ0n) is 16.7. The summed E-state index contributed by atoms with van der Waals surface area (Å²) in [5.41, 5.74) is 0. The van der Waals surface area contributed by atoms with Crippen LogP contribution in [0.5, 0.6) is 0 Å². The quantitative estimate of drug-likeness (QED) is 0.243. The van der Waals surface area contributed by atoms with Crippen LogP contribution in [-0.4, -0.2) is 32.0 Å². The van der Waals surface area contributed by atoms with Crippen LogP contribution in [0, 0.1) is 0 Å². The van der Waals surface area contributed by atoms with Crippen molar-refractivity contribution in [2.24, 2.45) is 0 Å². The molecular weight excluding hydrogens is 326 g/mol. The first-order valence-electron chi connectivity index (χ1n) is 10.6. The van der Waals surface area contributed by atoms with Crippen molar-refractivity contribution < 1.29 is 14.3 Å². The van der Waals surface area contributed by atoms with Gasteiger partial charge in [-0.15, -0.1) is 0 Å². The second kappa shape index (κ2) is 17.3. The summed E-state index contributed by atoms with van der Waals surface area (Å²) < 4.78 is 10.6. The molecule has 1 aliphatic rings. The highest BCUT2D eigenvalue weighted by Gasteiger charge is 2.17. The number of rotatable bonds is 15. The molecule has 4 nitrogen and oxygen atoms in total. The Hall–Kier alpha value is -1.13. The fourth-order valence-electron chi connectivity index (χ4n) is 2.90. The maximum absolute atomic E-state index is 11.7. The minimum atomic E-state index is -0.394. The first kappa shape index (κ1) is 22.9. The molecule has 0 aliphatic carbocycles. The highest BCUT2D eigenvalue weighted by atomic mass is 16.7. The predicted molar refractivity (Wildman–Crippen MR) is 108 cm³/mol. The number of morpholine rings is 1. The molecule has 1 N–H and O–H groups in total. The molecule has 26 heavy (non-hydrogen) atoms. The van der Waals surface area contributed by atoms with E-state index >= 15 is 0 Å². The van der Waals surface area contributed by atoms with Crippen molar-refractivity contribution in [3.8, 4) is 0 Å². The van der Waals surface area contributed by atoms with Gasteiger partial charge in [0, 0.05) is 13.0 Å². The topological polar surface area (TPSA) is 47.6 Å². The van der Waals surface area contributed by atoms with E-state index in [9.17, 15) is 4.79 Å². The molecule has 1 aliphatic heterocycles. The minimum absolute atomic E-state index is 0.135. The SMILES string of the molecule is CCCCC/C=C\C/C=C\CCCCCCCC(=O)OC1CNCCO1. The van der Waals surface area contributed by atoms with Crippen LogP contribution in [0.25, 0.3) is 0 Å². The number of nitrogens with one attached hydrogen (secondary N) is 1. The lowest BCUT2D eigenvalue weighted by Crippen LogP contribution is -2.41. The van der Waals surface area contributed by atoms with Crippen LogP contribution in [0.4, 0.5) is 0 Å². The third kappa shape index (κ3) is 14.1. The van der Waals surface area contributed by atoms with Gasteiger partial charge in [0.1, 0.15) is 0 Å². The van der Waals surface area contributed by atoms with Crippen molar-refractivity contribution in [1.82, 2.24) is 5.32 Å². The van der Waals surface area contributed by atoms with Crippen molar-refractivity contribution in [3.05, 3.63) is 24.3 Å². The van der Waals surface area contributed by atoms with E-state index < -0.39 is 6.29 Å². The molecule has 1 atom stereocenters. The number of unbranched alkanes of at least 4 members (excludes halogenated alkanes) is 8. The van der Waals surface area contributed by atoms with Crippen LogP contribution in [-0.2, 0) is 14.3 Å². The van der Waals surface area contributed by atoms with Gasteiger partial charge in [-0.3, -0.25) is 4.79 Å². The fourth-order valence-corrected chi connectivity index (χ4v) is 2.90. The van der Waals surface area contributed by atoms with E-state index in [2.05, 4.69) is 36.5 Å². The van der Waals surface area contributed by atoms with Crippen molar-refractivity contribution in [2.45, 2.75) is 90.3 Å². The van der Waals surface area contributed by atoms with E-state index in [4.69, 9.17) is 9.47 Å². The van der Waals surface area contributed by atoms with E-state index in [0.29, 0.717) is 19.6 Å². The lowest BCUT2D eigenvalue weighted by atomic mass is 10.1. The number of ether oxygens (including phenoxy) is 2. The monoisotopic (exact) mass is 365 g/mol. The van der Waals surface area contributed by atoms with Crippen molar-refractivity contribution >= 4 is 5.97 Å². The number of esters is 1. The summed E-state index contributed by atoms with van der Waals surface area (Å²) in [6, 6.07) is 0. The Morgan fingerprint density at radius 3 is 2.38 bits per heavy atom. The normalized spacial score (nSPS) is 18.0. The Labute approximate surface area is 160 Å². The van der Waals surface area contributed by atoms with Crippen LogP contribution in [0.1, 0.15) is 84.0 Å². The molecule has 0 radical (unpaired) electrons. The number of allylic oxidation sites excluding steroid dienone is 4. The summed E-state index contributed by atoms with van der Waals surface area (Å²) in [5.74, 6) is -0.135. The molecule has 0 bridgehead atoms. The summed E-state index contributed by atoms with van der Waals surface area (Å²) in [5, 5.41) is 3.15. The van der Waals surface area contributed by atoms with Gasteiger partial charge in [-0.05, 0) is 38.5 Å². The summed E-state index contributed by atoms with van der Waals surface area (Å²) in [7, 11) is 0. The minimum Gasteiger partial charge on any atom is -0.434 e. The molecule has 1 rings (SSSR count). The molecule has 1 saturated heterocycles. The Balaban J connectivity index is 1.82. The molecule has 0 saturated carbocycles. The maximum atomic E-state index is 11.7.